The highest BCUT2D eigenvalue weighted by Crippen LogP contribution is 2.30. The van der Waals surface area contributed by atoms with E-state index in [1.807, 2.05) is 0 Å². The molecule has 1 aliphatic carbocycles. The van der Waals surface area contributed by atoms with E-state index in [0.29, 0.717) is 6.54 Å². The van der Waals surface area contributed by atoms with Gasteiger partial charge in [0.15, 0.2) is 5.13 Å². The Morgan fingerprint density at radius 1 is 1.40 bits per heavy atom. The van der Waals surface area contributed by atoms with Crippen LogP contribution in [0.15, 0.2) is 0 Å². The monoisotopic (exact) mass is 295 g/mol. The number of anilines is 1. The molecule has 0 radical (unpaired) electrons. The Kier molecular flexibility index (Phi) is 4.81. The summed E-state index contributed by atoms with van der Waals surface area (Å²) in [5, 5.41) is 3.71. The Morgan fingerprint density at radius 3 is 2.70 bits per heavy atom. The Morgan fingerprint density at radius 2 is 2.10 bits per heavy atom. The molecule has 0 saturated heterocycles. The first-order chi connectivity index (χ1) is 9.39. The van der Waals surface area contributed by atoms with Crippen molar-refractivity contribution >= 4 is 22.4 Å². The molecule has 1 aromatic heterocycles. The van der Waals surface area contributed by atoms with Gasteiger partial charge in [-0.1, -0.05) is 20.8 Å². The Hall–Kier alpha value is -0.940. The number of aromatic nitrogens is 1. The van der Waals surface area contributed by atoms with Crippen molar-refractivity contribution in [2.24, 2.45) is 17.1 Å². The Labute approximate surface area is 125 Å². The van der Waals surface area contributed by atoms with Gasteiger partial charge in [-0.15, -0.1) is 11.3 Å². The van der Waals surface area contributed by atoms with Crippen molar-refractivity contribution < 1.29 is 4.79 Å². The number of aryl methyl sites for hydroxylation is 2. The molecule has 20 heavy (non-hydrogen) atoms. The molecule has 0 aliphatic heterocycles. The molecule has 1 aromatic rings. The fraction of sp³-hybridized carbons (Fsp3) is 0.733. The summed E-state index contributed by atoms with van der Waals surface area (Å²) in [6, 6.07) is 0. The number of carbonyl (C=O) groups excluding carboxylic acids is 1. The molecule has 1 unspecified atom stereocenters. The topological polar surface area (TPSA) is 68.0 Å². The standard InChI is InChI=1S/C15H25N3OS/c1-15(2,3)8-10(9-16)13(19)18-14-17-11-6-4-5-7-12(11)20-14/h10H,4-9,16H2,1-3H3,(H,17,18,19). The molecule has 0 aromatic carbocycles. The maximum atomic E-state index is 12.3. The molecule has 0 fully saturated rings. The van der Waals surface area contributed by atoms with Crippen LogP contribution in [0.4, 0.5) is 5.13 Å². The van der Waals surface area contributed by atoms with E-state index < -0.39 is 0 Å². The number of thiazole rings is 1. The summed E-state index contributed by atoms with van der Waals surface area (Å²) in [6.07, 6.45) is 5.38. The van der Waals surface area contributed by atoms with Gasteiger partial charge in [0, 0.05) is 11.4 Å². The van der Waals surface area contributed by atoms with Crippen molar-refractivity contribution in [2.75, 3.05) is 11.9 Å². The van der Waals surface area contributed by atoms with Crippen molar-refractivity contribution in [1.82, 2.24) is 4.98 Å². The van der Waals surface area contributed by atoms with E-state index in [-0.39, 0.29) is 17.2 Å². The van der Waals surface area contributed by atoms with Gasteiger partial charge in [0.1, 0.15) is 0 Å². The zero-order chi connectivity index (χ0) is 14.8. The van der Waals surface area contributed by atoms with E-state index in [1.54, 1.807) is 11.3 Å². The summed E-state index contributed by atoms with van der Waals surface area (Å²) in [7, 11) is 0. The van der Waals surface area contributed by atoms with E-state index in [9.17, 15) is 4.79 Å². The van der Waals surface area contributed by atoms with Crippen LogP contribution in [0.1, 0.15) is 50.6 Å². The molecule has 0 bridgehead atoms. The van der Waals surface area contributed by atoms with Gasteiger partial charge in [0.2, 0.25) is 5.91 Å². The van der Waals surface area contributed by atoms with Crippen molar-refractivity contribution in [3.05, 3.63) is 10.6 Å². The first-order valence-corrected chi connectivity index (χ1v) is 8.20. The first kappa shape index (κ1) is 15.4. The van der Waals surface area contributed by atoms with Crippen LogP contribution in [-0.2, 0) is 17.6 Å². The lowest BCUT2D eigenvalue weighted by molar-refractivity contribution is -0.120. The van der Waals surface area contributed by atoms with Crippen molar-refractivity contribution in [3.63, 3.8) is 0 Å². The van der Waals surface area contributed by atoms with Crippen LogP contribution < -0.4 is 11.1 Å². The summed E-state index contributed by atoms with van der Waals surface area (Å²) < 4.78 is 0. The average Bonchev–Trinajstić information content (AvgIpc) is 2.76. The predicted molar refractivity (Wildman–Crippen MR) is 84.0 cm³/mol. The summed E-state index contributed by atoms with van der Waals surface area (Å²) in [5.41, 5.74) is 7.03. The van der Waals surface area contributed by atoms with Crippen LogP contribution in [-0.4, -0.2) is 17.4 Å². The molecule has 5 heteroatoms. The Bertz CT molecular complexity index is 452. The minimum Gasteiger partial charge on any atom is -0.330 e. The molecular formula is C15H25N3OS. The molecule has 1 amide bonds. The van der Waals surface area contributed by atoms with E-state index >= 15 is 0 Å². The number of nitrogens with zero attached hydrogens (tertiary/aromatic N) is 1. The fourth-order valence-corrected chi connectivity index (χ4v) is 3.69. The molecule has 1 heterocycles. The van der Waals surface area contributed by atoms with Crippen LogP contribution >= 0.6 is 11.3 Å². The maximum absolute atomic E-state index is 12.3. The van der Waals surface area contributed by atoms with E-state index in [2.05, 4.69) is 31.1 Å². The van der Waals surface area contributed by atoms with Gasteiger partial charge in [0.05, 0.1) is 11.6 Å². The number of nitrogens with one attached hydrogen (secondary N) is 1. The van der Waals surface area contributed by atoms with Gasteiger partial charge in [-0.2, -0.15) is 0 Å². The number of hydrogen-bond acceptors (Lipinski definition) is 4. The fourth-order valence-electron chi connectivity index (χ4n) is 2.64. The van der Waals surface area contributed by atoms with Crippen molar-refractivity contribution in [3.8, 4) is 0 Å². The largest absolute Gasteiger partial charge is 0.330 e. The lowest BCUT2D eigenvalue weighted by Gasteiger charge is -2.23. The summed E-state index contributed by atoms with van der Waals surface area (Å²) in [6.45, 7) is 6.77. The van der Waals surface area contributed by atoms with Crippen LogP contribution in [0.3, 0.4) is 0 Å². The highest BCUT2D eigenvalue weighted by molar-refractivity contribution is 7.15. The van der Waals surface area contributed by atoms with Crippen LogP contribution in [0.2, 0.25) is 0 Å². The predicted octanol–water partition coefficient (Wildman–Crippen LogP) is 2.97. The van der Waals surface area contributed by atoms with Gasteiger partial charge in [-0.05, 0) is 37.5 Å². The quantitative estimate of drug-likeness (QED) is 0.897. The molecule has 0 spiro atoms. The summed E-state index contributed by atoms with van der Waals surface area (Å²) >= 11 is 1.63. The second kappa shape index (κ2) is 6.22. The third kappa shape index (κ3) is 4.03. The smallest absolute Gasteiger partial charge is 0.230 e. The second-order valence-electron chi connectivity index (χ2n) is 6.78. The number of nitrogens with two attached hydrogens (primary N) is 1. The minimum absolute atomic E-state index is 0.00789. The number of amides is 1. The average molecular weight is 295 g/mol. The normalized spacial score (nSPS) is 16.6. The van der Waals surface area contributed by atoms with E-state index in [0.717, 1.165) is 24.4 Å². The maximum Gasteiger partial charge on any atom is 0.230 e. The van der Waals surface area contributed by atoms with E-state index in [4.69, 9.17) is 5.73 Å². The van der Waals surface area contributed by atoms with Gasteiger partial charge in [-0.3, -0.25) is 4.79 Å². The van der Waals surface area contributed by atoms with Crippen LogP contribution in [0.5, 0.6) is 0 Å². The third-order valence-corrected chi connectivity index (χ3v) is 4.66. The second-order valence-corrected chi connectivity index (χ2v) is 7.87. The molecule has 0 saturated carbocycles. The molecule has 112 valence electrons. The van der Waals surface area contributed by atoms with Gasteiger partial charge in [0.25, 0.3) is 0 Å². The number of carbonyl (C=O) groups is 1. The van der Waals surface area contributed by atoms with Gasteiger partial charge >= 0.3 is 0 Å². The van der Waals surface area contributed by atoms with Crippen molar-refractivity contribution in [1.29, 1.82) is 0 Å². The zero-order valence-electron chi connectivity index (χ0n) is 12.7. The highest BCUT2D eigenvalue weighted by atomic mass is 32.1. The molecule has 1 aliphatic rings. The first-order valence-electron chi connectivity index (χ1n) is 7.38. The lowest BCUT2D eigenvalue weighted by Crippen LogP contribution is -2.32. The summed E-state index contributed by atoms with van der Waals surface area (Å²) in [5.74, 6) is -0.135. The van der Waals surface area contributed by atoms with Gasteiger partial charge < -0.3 is 11.1 Å². The lowest BCUT2D eigenvalue weighted by atomic mass is 9.84. The zero-order valence-corrected chi connectivity index (χ0v) is 13.5. The number of rotatable bonds is 4. The minimum atomic E-state index is -0.143. The van der Waals surface area contributed by atoms with E-state index in [1.165, 1.54) is 23.4 Å². The molecule has 2 rings (SSSR count). The van der Waals surface area contributed by atoms with Crippen LogP contribution in [0.25, 0.3) is 0 Å². The van der Waals surface area contributed by atoms with Gasteiger partial charge in [-0.25, -0.2) is 4.98 Å². The number of fused-ring (bicyclic) bond motifs is 1. The third-order valence-electron chi connectivity index (χ3n) is 3.59. The number of hydrogen-bond donors (Lipinski definition) is 2. The molecular weight excluding hydrogens is 270 g/mol. The molecule has 1 atom stereocenters. The Balaban J connectivity index is 2.01. The highest BCUT2D eigenvalue weighted by Gasteiger charge is 2.25. The van der Waals surface area contributed by atoms with Crippen LogP contribution in [0, 0.1) is 11.3 Å². The molecule has 4 nitrogen and oxygen atoms in total. The van der Waals surface area contributed by atoms with Crippen molar-refractivity contribution in [2.45, 2.75) is 52.9 Å². The summed E-state index contributed by atoms with van der Waals surface area (Å²) in [4.78, 5) is 18.2. The SMILES string of the molecule is CC(C)(C)CC(CN)C(=O)Nc1nc2c(s1)CCCC2. The molecule has 3 N–H and O–H groups in total.